The van der Waals surface area contributed by atoms with Gasteiger partial charge in [0.15, 0.2) is 0 Å². The van der Waals surface area contributed by atoms with Crippen LogP contribution in [-0.4, -0.2) is 10.2 Å². The van der Waals surface area contributed by atoms with Crippen LogP contribution in [-0.2, 0) is 0 Å². The van der Waals surface area contributed by atoms with E-state index < -0.39 is 0 Å². The summed E-state index contributed by atoms with van der Waals surface area (Å²) in [6.07, 6.45) is 1.76. The number of halogens is 1. The van der Waals surface area contributed by atoms with Gasteiger partial charge in [-0.2, -0.15) is 5.10 Å². The first-order valence-corrected chi connectivity index (χ1v) is 6.68. The van der Waals surface area contributed by atoms with Gasteiger partial charge < -0.3 is 11.1 Å². The number of aryl methyl sites for hydroxylation is 1. The minimum Gasteiger partial charge on any atom is -0.397 e. The van der Waals surface area contributed by atoms with Crippen molar-refractivity contribution in [2.24, 2.45) is 0 Å². The molecule has 0 atom stereocenters. The van der Waals surface area contributed by atoms with Crippen molar-refractivity contribution in [3.05, 3.63) is 46.6 Å². The van der Waals surface area contributed by atoms with E-state index in [1.54, 1.807) is 6.20 Å². The summed E-state index contributed by atoms with van der Waals surface area (Å²) in [7, 11) is 0. The molecule has 0 amide bonds. The Morgan fingerprint density at radius 2 is 2.11 bits per heavy atom. The monoisotopic (exact) mass is 316 g/mol. The van der Waals surface area contributed by atoms with Gasteiger partial charge in [-0.05, 0) is 36.8 Å². The fourth-order valence-electron chi connectivity index (χ4n) is 1.94. The van der Waals surface area contributed by atoms with Gasteiger partial charge in [0.2, 0.25) is 0 Å². The number of nitrogens with two attached hydrogens (primary N) is 1. The van der Waals surface area contributed by atoms with Crippen LogP contribution in [0.4, 0.5) is 17.1 Å². The largest absolute Gasteiger partial charge is 0.397 e. The molecular formula is C14H13BrN4. The van der Waals surface area contributed by atoms with Gasteiger partial charge in [0, 0.05) is 15.5 Å². The van der Waals surface area contributed by atoms with Crippen molar-refractivity contribution < 1.29 is 0 Å². The second-order valence-corrected chi connectivity index (χ2v) is 5.34. The first-order chi connectivity index (χ1) is 9.13. The number of hydrogen-bond donors (Lipinski definition) is 3. The first kappa shape index (κ1) is 12.0. The van der Waals surface area contributed by atoms with E-state index in [1.807, 2.05) is 24.3 Å². The molecule has 4 N–H and O–H groups in total. The third kappa shape index (κ3) is 2.29. The summed E-state index contributed by atoms with van der Waals surface area (Å²) in [6.45, 7) is 2.05. The molecule has 0 saturated carbocycles. The molecule has 0 aliphatic rings. The second-order valence-electron chi connectivity index (χ2n) is 4.49. The zero-order valence-electron chi connectivity index (χ0n) is 10.4. The number of nitrogen functional groups attached to an aromatic ring is 1. The Morgan fingerprint density at radius 3 is 2.89 bits per heavy atom. The molecule has 96 valence electrons. The number of hydrogen-bond acceptors (Lipinski definition) is 3. The predicted molar refractivity (Wildman–Crippen MR) is 82.7 cm³/mol. The number of fused-ring (bicyclic) bond motifs is 1. The van der Waals surface area contributed by atoms with Gasteiger partial charge in [-0.1, -0.05) is 22.0 Å². The van der Waals surface area contributed by atoms with Crippen LogP contribution in [0.25, 0.3) is 10.9 Å². The summed E-state index contributed by atoms with van der Waals surface area (Å²) in [4.78, 5) is 0. The Labute approximate surface area is 119 Å². The van der Waals surface area contributed by atoms with Crippen molar-refractivity contribution in [2.45, 2.75) is 6.92 Å². The summed E-state index contributed by atoms with van der Waals surface area (Å²) >= 11 is 3.52. The van der Waals surface area contributed by atoms with Gasteiger partial charge >= 0.3 is 0 Å². The number of anilines is 3. The average molecular weight is 317 g/mol. The molecule has 1 heterocycles. The van der Waals surface area contributed by atoms with E-state index in [0.717, 1.165) is 26.8 Å². The van der Waals surface area contributed by atoms with Crippen LogP contribution < -0.4 is 11.1 Å². The Balaban J connectivity index is 1.99. The van der Waals surface area contributed by atoms with Gasteiger partial charge in [0.25, 0.3) is 0 Å². The minimum atomic E-state index is 0.700. The topological polar surface area (TPSA) is 66.7 Å². The quantitative estimate of drug-likeness (QED) is 0.627. The van der Waals surface area contributed by atoms with Crippen LogP contribution in [0.2, 0.25) is 0 Å². The molecule has 5 heteroatoms. The number of aromatic nitrogens is 2. The van der Waals surface area contributed by atoms with Crippen molar-refractivity contribution >= 4 is 43.9 Å². The molecule has 4 nitrogen and oxygen atoms in total. The van der Waals surface area contributed by atoms with Crippen LogP contribution in [0.15, 0.2) is 41.0 Å². The zero-order chi connectivity index (χ0) is 13.4. The lowest BCUT2D eigenvalue weighted by Gasteiger charge is -2.10. The lowest BCUT2D eigenvalue weighted by Crippen LogP contribution is -1.96. The molecule has 0 unspecified atom stereocenters. The normalized spacial score (nSPS) is 10.8. The summed E-state index contributed by atoms with van der Waals surface area (Å²) in [5.74, 6) is 0. The SMILES string of the molecule is Cc1ccc(Nc2cc3[nH]ncc3cc2N)cc1Br. The van der Waals surface area contributed by atoms with Gasteiger partial charge in [-0.3, -0.25) is 5.10 Å². The number of H-pyrrole nitrogens is 1. The van der Waals surface area contributed by atoms with Gasteiger partial charge in [0.1, 0.15) is 0 Å². The van der Waals surface area contributed by atoms with Crippen LogP contribution >= 0.6 is 15.9 Å². The minimum absolute atomic E-state index is 0.700. The molecular weight excluding hydrogens is 304 g/mol. The molecule has 0 bridgehead atoms. The zero-order valence-corrected chi connectivity index (χ0v) is 12.0. The van der Waals surface area contributed by atoms with Crippen molar-refractivity contribution in [1.82, 2.24) is 10.2 Å². The van der Waals surface area contributed by atoms with Gasteiger partial charge in [0.05, 0.1) is 23.1 Å². The Bertz CT molecular complexity index is 748. The van der Waals surface area contributed by atoms with Crippen molar-refractivity contribution in [3.63, 3.8) is 0 Å². The fourth-order valence-corrected chi connectivity index (χ4v) is 2.32. The Morgan fingerprint density at radius 1 is 1.26 bits per heavy atom. The highest BCUT2D eigenvalue weighted by Gasteiger charge is 2.05. The maximum atomic E-state index is 6.05. The molecule has 19 heavy (non-hydrogen) atoms. The average Bonchev–Trinajstić information content (AvgIpc) is 2.81. The van der Waals surface area contributed by atoms with E-state index in [2.05, 4.69) is 44.4 Å². The predicted octanol–water partition coefficient (Wildman–Crippen LogP) is 3.96. The third-order valence-electron chi connectivity index (χ3n) is 3.06. The Hall–Kier alpha value is -2.01. The summed E-state index contributed by atoms with van der Waals surface area (Å²) in [6, 6.07) is 9.98. The van der Waals surface area contributed by atoms with Crippen LogP contribution in [0.5, 0.6) is 0 Å². The fraction of sp³-hybridized carbons (Fsp3) is 0.0714. The lowest BCUT2D eigenvalue weighted by molar-refractivity contribution is 1.12. The smallest absolute Gasteiger partial charge is 0.0672 e. The molecule has 0 spiro atoms. The van der Waals surface area contributed by atoms with E-state index >= 15 is 0 Å². The number of aromatic amines is 1. The van der Waals surface area contributed by atoms with E-state index in [-0.39, 0.29) is 0 Å². The molecule has 0 saturated heterocycles. The van der Waals surface area contributed by atoms with E-state index in [0.29, 0.717) is 5.69 Å². The van der Waals surface area contributed by atoms with E-state index in [4.69, 9.17) is 5.73 Å². The number of rotatable bonds is 2. The van der Waals surface area contributed by atoms with Crippen molar-refractivity contribution in [2.75, 3.05) is 11.1 Å². The summed E-state index contributed by atoms with van der Waals surface area (Å²) in [5, 5.41) is 11.3. The maximum absolute atomic E-state index is 6.05. The van der Waals surface area contributed by atoms with Crippen LogP contribution in [0, 0.1) is 6.92 Å². The Kier molecular flexibility index (Phi) is 2.91. The van der Waals surface area contributed by atoms with Crippen molar-refractivity contribution in [3.8, 4) is 0 Å². The first-order valence-electron chi connectivity index (χ1n) is 5.89. The van der Waals surface area contributed by atoms with Crippen LogP contribution in [0.1, 0.15) is 5.56 Å². The van der Waals surface area contributed by atoms with E-state index in [1.165, 1.54) is 5.56 Å². The van der Waals surface area contributed by atoms with Gasteiger partial charge in [-0.25, -0.2) is 0 Å². The summed E-state index contributed by atoms with van der Waals surface area (Å²) < 4.78 is 1.07. The third-order valence-corrected chi connectivity index (χ3v) is 3.92. The molecule has 0 radical (unpaired) electrons. The molecule has 1 aromatic heterocycles. The number of nitrogens with zero attached hydrogens (tertiary/aromatic N) is 1. The van der Waals surface area contributed by atoms with Crippen molar-refractivity contribution in [1.29, 1.82) is 0 Å². The number of benzene rings is 2. The number of nitrogens with one attached hydrogen (secondary N) is 2. The maximum Gasteiger partial charge on any atom is 0.0672 e. The standard InChI is InChI=1S/C14H13BrN4/c1-8-2-3-10(5-11(8)15)18-14-6-13-9(4-12(14)16)7-17-19-13/h2-7,18H,16H2,1H3,(H,17,19). The highest BCUT2D eigenvalue weighted by atomic mass is 79.9. The summed E-state index contributed by atoms with van der Waals surface area (Å²) in [5.41, 5.74) is 10.8. The molecule has 0 aliphatic carbocycles. The van der Waals surface area contributed by atoms with Crippen LogP contribution in [0.3, 0.4) is 0 Å². The molecule has 3 aromatic rings. The highest BCUT2D eigenvalue weighted by Crippen LogP contribution is 2.29. The van der Waals surface area contributed by atoms with E-state index in [9.17, 15) is 0 Å². The lowest BCUT2D eigenvalue weighted by atomic mass is 10.2. The second kappa shape index (κ2) is 4.59. The van der Waals surface area contributed by atoms with Gasteiger partial charge in [-0.15, -0.1) is 0 Å². The highest BCUT2D eigenvalue weighted by molar-refractivity contribution is 9.10. The molecule has 3 rings (SSSR count). The molecule has 0 aliphatic heterocycles. The molecule has 0 fully saturated rings. The molecule has 2 aromatic carbocycles.